The lowest BCUT2D eigenvalue weighted by Crippen LogP contribution is -2.13. The molecule has 5 rings (SSSR count). The fraction of sp³-hybridized carbons (Fsp3) is 0.130. The van der Waals surface area contributed by atoms with Gasteiger partial charge in [0.1, 0.15) is 5.69 Å². The average Bonchev–Trinajstić information content (AvgIpc) is 3.49. The first-order valence-electron chi connectivity index (χ1n) is 9.72. The molecule has 4 heterocycles. The van der Waals surface area contributed by atoms with Crippen LogP contribution in [0.1, 0.15) is 21.1 Å². The van der Waals surface area contributed by atoms with Crippen LogP contribution >= 0.6 is 11.3 Å². The zero-order chi connectivity index (χ0) is 21.5. The lowest BCUT2D eigenvalue weighted by atomic mass is 10.1. The van der Waals surface area contributed by atoms with E-state index >= 15 is 0 Å². The van der Waals surface area contributed by atoms with E-state index in [4.69, 9.17) is 4.42 Å². The number of carbonyl (C=O) groups excluding carboxylic acids is 1. The number of anilines is 1. The lowest BCUT2D eigenvalue weighted by molar-refractivity contribution is 0.102. The second-order valence-corrected chi connectivity index (χ2v) is 8.29. The van der Waals surface area contributed by atoms with Crippen LogP contribution < -0.4 is 5.32 Å². The molecular formula is C23H19N5O2S. The largest absolute Gasteiger partial charge is 0.463 e. The van der Waals surface area contributed by atoms with Crippen molar-refractivity contribution in [2.24, 2.45) is 7.05 Å². The van der Waals surface area contributed by atoms with Crippen LogP contribution in [0.4, 0.5) is 5.69 Å². The Hall–Kier alpha value is -3.78. The van der Waals surface area contributed by atoms with E-state index in [9.17, 15) is 4.79 Å². The van der Waals surface area contributed by atoms with Crippen molar-refractivity contribution >= 4 is 34.0 Å². The number of aromatic nitrogens is 4. The third-order valence-corrected chi connectivity index (χ3v) is 5.80. The van der Waals surface area contributed by atoms with Gasteiger partial charge < -0.3 is 9.73 Å². The van der Waals surface area contributed by atoms with Crippen molar-refractivity contribution < 1.29 is 9.21 Å². The van der Waals surface area contributed by atoms with Gasteiger partial charge >= 0.3 is 0 Å². The van der Waals surface area contributed by atoms with Crippen molar-refractivity contribution in [1.29, 1.82) is 0 Å². The van der Waals surface area contributed by atoms with E-state index in [1.54, 1.807) is 34.4 Å². The van der Waals surface area contributed by atoms with E-state index in [2.05, 4.69) is 20.4 Å². The molecule has 0 unspecified atom stereocenters. The molecule has 0 saturated carbocycles. The predicted molar refractivity (Wildman–Crippen MR) is 121 cm³/mol. The fourth-order valence-corrected chi connectivity index (χ4v) is 4.25. The van der Waals surface area contributed by atoms with Crippen LogP contribution in [0.15, 0.2) is 58.5 Å². The molecule has 31 heavy (non-hydrogen) atoms. The monoisotopic (exact) mass is 429 g/mol. The quantitative estimate of drug-likeness (QED) is 0.423. The average molecular weight is 430 g/mol. The maximum Gasteiger partial charge on any atom is 0.256 e. The maximum atomic E-state index is 13.3. The predicted octanol–water partition coefficient (Wildman–Crippen LogP) is 5.22. The summed E-state index contributed by atoms with van der Waals surface area (Å²) in [5.41, 5.74) is 4.99. The Balaban J connectivity index is 1.56. The van der Waals surface area contributed by atoms with Gasteiger partial charge in [0.25, 0.3) is 5.91 Å². The topological polar surface area (TPSA) is 85.8 Å². The van der Waals surface area contributed by atoms with Gasteiger partial charge in [0, 0.05) is 23.7 Å². The molecule has 8 heteroatoms. The number of fused-ring (bicyclic) bond motifs is 1. The molecule has 1 aromatic carbocycles. The normalized spacial score (nSPS) is 11.2. The van der Waals surface area contributed by atoms with Crippen molar-refractivity contribution in [2.75, 3.05) is 5.32 Å². The number of nitrogens with zero attached hydrogens (tertiary/aromatic N) is 4. The number of rotatable bonds is 4. The molecular weight excluding hydrogens is 410 g/mol. The standard InChI is InChI=1S/C23H19N5O2S/c1-13-21-17(11-18(20-8-5-9-30-20)26-22(21)28(3)27-13)23(29)25-16-7-4-6-15(10-16)19-12-31-14(2)24-19/h4-12H,1-3H3,(H,25,29). The first kappa shape index (κ1) is 19.2. The van der Waals surface area contributed by atoms with Crippen LogP contribution in [0.5, 0.6) is 0 Å². The molecule has 0 aliphatic rings. The van der Waals surface area contributed by atoms with Gasteiger partial charge in [0.2, 0.25) is 0 Å². The summed E-state index contributed by atoms with van der Waals surface area (Å²) in [5, 5.41) is 11.2. The third-order valence-electron chi connectivity index (χ3n) is 5.02. The second-order valence-electron chi connectivity index (χ2n) is 7.23. The molecule has 0 atom stereocenters. The van der Waals surface area contributed by atoms with Crippen LogP contribution in [0.25, 0.3) is 33.7 Å². The number of furan rings is 1. The highest BCUT2D eigenvalue weighted by molar-refractivity contribution is 7.09. The number of nitrogens with one attached hydrogen (secondary N) is 1. The summed E-state index contributed by atoms with van der Waals surface area (Å²) in [6.45, 7) is 3.85. The molecule has 0 aliphatic heterocycles. The van der Waals surface area contributed by atoms with Crippen molar-refractivity contribution in [3.63, 3.8) is 0 Å². The number of carbonyl (C=O) groups is 1. The lowest BCUT2D eigenvalue weighted by Gasteiger charge is -2.09. The minimum atomic E-state index is -0.233. The van der Waals surface area contributed by atoms with Gasteiger partial charge in [-0.1, -0.05) is 12.1 Å². The van der Waals surface area contributed by atoms with Crippen LogP contribution in [-0.2, 0) is 7.05 Å². The Morgan fingerprint density at radius 1 is 1.10 bits per heavy atom. The van der Waals surface area contributed by atoms with E-state index in [0.717, 1.165) is 27.3 Å². The van der Waals surface area contributed by atoms with Crippen molar-refractivity contribution in [3.05, 3.63) is 70.4 Å². The Morgan fingerprint density at radius 3 is 2.71 bits per heavy atom. The van der Waals surface area contributed by atoms with Gasteiger partial charge in [-0.25, -0.2) is 9.97 Å². The smallest absolute Gasteiger partial charge is 0.256 e. The Morgan fingerprint density at radius 2 is 1.97 bits per heavy atom. The van der Waals surface area contributed by atoms with Crippen molar-refractivity contribution in [2.45, 2.75) is 13.8 Å². The summed E-state index contributed by atoms with van der Waals surface area (Å²) in [6, 6.07) is 13.0. The second kappa shape index (κ2) is 7.48. The molecule has 1 amide bonds. The van der Waals surface area contributed by atoms with Gasteiger partial charge in [-0.2, -0.15) is 5.10 Å². The number of aryl methyl sites for hydroxylation is 3. The third kappa shape index (κ3) is 3.51. The minimum absolute atomic E-state index is 0.233. The summed E-state index contributed by atoms with van der Waals surface area (Å²) in [4.78, 5) is 22.5. The molecule has 5 aromatic rings. The molecule has 0 spiro atoms. The molecule has 7 nitrogen and oxygen atoms in total. The highest BCUT2D eigenvalue weighted by Gasteiger charge is 2.20. The van der Waals surface area contributed by atoms with Gasteiger partial charge in [0.05, 0.1) is 33.6 Å². The SMILES string of the molecule is Cc1nc(-c2cccc(NC(=O)c3cc(-c4ccco4)nc4c3c(C)nn4C)c2)cs1. The van der Waals surface area contributed by atoms with E-state index in [1.165, 1.54) is 0 Å². The molecule has 0 saturated heterocycles. The number of pyridine rings is 1. The van der Waals surface area contributed by atoms with Gasteiger partial charge in [-0.05, 0) is 44.2 Å². The van der Waals surface area contributed by atoms with E-state index in [1.807, 2.05) is 56.6 Å². The molecule has 0 bridgehead atoms. The Labute approximate surface area is 182 Å². The van der Waals surface area contributed by atoms with Gasteiger partial charge in [-0.15, -0.1) is 11.3 Å². The van der Waals surface area contributed by atoms with E-state index in [0.29, 0.717) is 28.4 Å². The summed E-state index contributed by atoms with van der Waals surface area (Å²) < 4.78 is 7.18. The number of amides is 1. The first-order chi connectivity index (χ1) is 15.0. The van der Waals surface area contributed by atoms with Crippen LogP contribution in [0.3, 0.4) is 0 Å². The Kier molecular flexibility index (Phi) is 4.63. The minimum Gasteiger partial charge on any atom is -0.463 e. The highest BCUT2D eigenvalue weighted by Crippen LogP contribution is 2.29. The zero-order valence-electron chi connectivity index (χ0n) is 17.2. The molecule has 0 aliphatic carbocycles. The maximum absolute atomic E-state index is 13.3. The number of hydrogen-bond donors (Lipinski definition) is 1. The van der Waals surface area contributed by atoms with Gasteiger partial charge in [0.15, 0.2) is 11.4 Å². The molecule has 154 valence electrons. The molecule has 4 aromatic heterocycles. The van der Waals surface area contributed by atoms with Crippen molar-refractivity contribution in [1.82, 2.24) is 19.7 Å². The summed E-state index contributed by atoms with van der Waals surface area (Å²) >= 11 is 1.60. The molecule has 0 fully saturated rings. The number of thiazole rings is 1. The number of hydrogen-bond acceptors (Lipinski definition) is 6. The highest BCUT2D eigenvalue weighted by atomic mass is 32.1. The molecule has 0 radical (unpaired) electrons. The summed E-state index contributed by atoms with van der Waals surface area (Å²) in [7, 11) is 1.81. The zero-order valence-corrected chi connectivity index (χ0v) is 18.0. The van der Waals surface area contributed by atoms with Crippen LogP contribution in [0, 0.1) is 13.8 Å². The summed E-state index contributed by atoms with van der Waals surface area (Å²) in [5.74, 6) is 0.360. The van der Waals surface area contributed by atoms with E-state index in [-0.39, 0.29) is 5.91 Å². The first-order valence-corrected chi connectivity index (χ1v) is 10.6. The van der Waals surface area contributed by atoms with Crippen LogP contribution in [0.2, 0.25) is 0 Å². The molecule has 1 N–H and O–H groups in total. The Bertz CT molecular complexity index is 1420. The number of benzene rings is 1. The summed E-state index contributed by atoms with van der Waals surface area (Å²) in [6.07, 6.45) is 1.58. The van der Waals surface area contributed by atoms with Gasteiger partial charge in [-0.3, -0.25) is 9.48 Å². The fourth-order valence-electron chi connectivity index (χ4n) is 3.63. The van der Waals surface area contributed by atoms with Crippen molar-refractivity contribution in [3.8, 4) is 22.7 Å². The van der Waals surface area contributed by atoms with E-state index < -0.39 is 0 Å². The van der Waals surface area contributed by atoms with Crippen LogP contribution in [-0.4, -0.2) is 25.7 Å².